The van der Waals surface area contributed by atoms with Crippen LogP contribution in [0.5, 0.6) is 11.5 Å². The van der Waals surface area contributed by atoms with E-state index in [-0.39, 0.29) is 17.3 Å². The predicted molar refractivity (Wildman–Crippen MR) is 163 cm³/mol. The van der Waals surface area contributed by atoms with Gasteiger partial charge in [-0.25, -0.2) is 10.1 Å². The summed E-state index contributed by atoms with van der Waals surface area (Å²) in [6.07, 6.45) is 1.51. The van der Waals surface area contributed by atoms with Crippen molar-refractivity contribution in [1.82, 2.24) is 40.5 Å². The molecule has 0 atom stereocenters. The number of methoxy groups -OCH3 is 1. The van der Waals surface area contributed by atoms with Crippen molar-refractivity contribution in [3.05, 3.63) is 83.2 Å². The van der Waals surface area contributed by atoms with E-state index in [2.05, 4.69) is 66.2 Å². The van der Waals surface area contributed by atoms with Gasteiger partial charge in [0.2, 0.25) is 11.6 Å². The Labute approximate surface area is 253 Å². The number of amides is 1. The molecule has 226 valence electrons. The summed E-state index contributed by atoms with van der Waals surface area (Å²) in [5.74, 6) is 0.802. The Morgan fingerprint density at radius 2 is 1.89 bits per heavy atom. The minimum Gasteiger partial charge on any atom is -0.493 e. The van der Waals surface area contributed by atoms with Gasteiger partial charge in [-0.15, -0.1) is 5.10 Å². The van der Waals surface area contributed by atoms with Crippen LogP contribution in [0.1, 0.15) is 27.3 Å². The Balaban J connectivity index is 1.15. The van der Waals surface area contributed by atoms with Gasteiger partial charge in [-0.05, 0) is 57.5 Å². The van der Waals surface area contributed by atoms with Gasteiger partial charge in [0.05, 0.1) is 19.0 Å². The Morgan fingerprint density at radius 3 is 2.68 bits per heavy atom. The number of nitrogens with zero attached hydrogens (tertiary/aromatic N) is 8. The molecule has 0 saturated carbocycles. The first-order valence-corrected chi connectivity index (χ1v) is 14.0. The van der Waals surface area contributed by atoms with Crippen molar-refractivity contribution in [2.75, 3.05) is 46.1 Å². The zero-order chi connectivity index (χ0) is 30.5. The molecule has 2 aromatic heterocycles. The summed E-state index contributed by atoms with van der Waals surface area (Å²) >= 11 is 0. The van der Waals surface area contributed by atoms with Crippen LogP contribution in [-0.2, 0) is 13.2 Å². The number of benzene rings is 3. The van der Waals surface area contributed by atoms with E-state index in [0.717, 1.165) is 42.5 Å². The Bertz CT molecular complexity index is 1790. The van der Waals surface area contributed by atoms with Crippen LogP contribution >= 0.6 is 0 Å². The Morgan fingerprint density at radius 1 is 1.07 bits per heavy atom. The molecule has 44 heavy (non-hydrogen) atoms. The molecule has 1 fully saturated rings. The number of nitrogen functional groups attached to an aromatic ring is 1. The van der Waals surface area contributed by atoms with Gasteiger partial charge in [-0.1, -0.05) is 47.7 Å². The van der Waals surface area contributed by atoms with Gasteiger partial charge in [0.25, 0.3) is 5.91 Å². The van der Waals surface area contributed by atoms with Gasteiger partial charge in [-0.2, -0.15) is 9.78 Å². The maximum absolute atomic E-state index is 13.2. The number of hydrogen-bond donors (Lipinski definition) is 2. The minimum absolute atomic E-state index is 0.0398. The largest absolute Gasteiger partial charge is 0.493 e. The van der Waals surface area contributed by atoms with Crippen molar-refractivity contribution in [3.8, 4) is 17.3 Å². The minimum atomic E-state index is -0.534. The summed E-state index contributed by atoms with van der Waals surface area (Å²) in [5, 5.41) is 22.1. The number of piperazine rings is 1. The number of anilines is 1. The Hall–Kier alpha value is -5.34. The summed E-state index contributed by atoms with van der Waals surface area (Å²) in [5.41, 5.74) is 10.8. The van der Waals surface area contributed by atoms with E-state index in [0.29, 0.717) is 35.9 Å². The number of aromatic nitrogens is 5. The van der Waals surface area contributed by atoms with Crippen LogP contribution in [0.25, 0.3) is 16.6 Å². The maximum atomic E-state index is 13.2. The number of hydrogen-bond acceptors (Lipinski definition) is 12. The molecule has 1 aliphatic heterocycles. The molecule has 0 radical (unpaired) electrons. The topological polar surface area (TPSA) is 162 Å². The van der Waals surface area contributed by atoms with Crippen LogP contribution in [0, 0.1) is 0 Å². The molecular formula is C30H32N10O4. The quantitative estimate of drug-likeness (QED) is 0.180. The number of carbonyl (C=O) groups is 1. The van der Waals surface area contributed by atoms with E-state index in [9.17, 15) is 4.79 Å². The molecule has 5 aromatic rings. The lowest BCUT2D eigenvalue weighted by atomic mass is 10.1. The van der Waals surface area contributed by atoms with Crippen molar-refractivity contribution in [2.45, 2.75) is 13.2 Å². The number of fused-ring (bicyclic) bond motifs is 1. The second-order valence-electron chi connectivity index (χ2n) is 10.4. The fourth-order valence-corrected chi connectivity index (χ4v) is 5.02. The van der Waals surface area contributed by atoms with Gasteiger partial charge < -0.3 is 20.1 Å². The average molecular weight is 597 g/mol. The van der Waals surface area contributed by atoms with Crippen LogP contribution in [0.15, 0.2) is 70.4 Å². The van der Waals surface area contributed by atoms with E-state index in [1.54, 1.807) is 13.2 Å². The standard InChI is InChI=1S/C30H32N10O4/c1-38-12-14-39(15-13-38)18-24-27(33-37-40(24)29-28(31)35-44-36-29)30(41)34-32-17-20-10-11-25(26(16-20)42-2)43-19-22-8-5-7-21-6-3-4-9-23(21)22/h3-11,16-17H,12-15,18-19H2,1-2H3,(H2,31,35)(H,34,41). The first kappa shape index (κ1) is 28.8. The third-order valence-electron chi connectivity index (χ3n) is 7.47. The number of likely N-dealkylation sites (N-methyl/N-ethyl adjacent to an activating group) is 1. The van der Waals surface area contributed by atoms with Crippen LogP contribution in [0.2, 0.25) is 0 Å². The fraction of sp³-hybridized carbons (Fsp3) is 0.267. The molecule has 1 amide bonds. The molecule has 0 unspecified atom stereocenters. The second kappa shape index (κ2) is 12.9. The highest BCUT2D eigenvalue weighted by atomic mass is 16.6. The molecule has 1 aliphatic rings. The molecule has 14 nitrogen and oxygen atoms in total. The highest BCUT2D eigenvalue weighted by Gasteiger charge is 2.26. The third-order valence-corrected chi connectivity index (χ3v) is 7.47. The summed E-state index contributed by atoms with van der Waals surface area (Å²) in [7, 11) is 3.65. The van der Waals surface area contributed by atoms with Crippen LogP contribution in [0.4, 0.5) is 5.82 Å². The number of rotatable bonds is 10. The van der Waals surface area contributed by atoms with Crippen LogP contribution in [0.3, 0.4) is 0 Å². The molecule has 6 rings (SSSR count). The monoisotopic (exact) mass is 596 g/mol. The maximum Gasteiger partial charge on any atom is 0.293 e. The van der Waals surface area contributed by atoms with Crippen LogP contribution in [-0.4, -0.2) is 87.6 Å². The molecular weight excluding hydrogens is 564 g/mol. The number of hydrazone groups is 1. The van der Waals surface area contributed by atoms with E-state index in [1.807, 2.05) is 36.4 Å². The molecule has 1 saturated heterocycles. The highest BCUT2D eigenvalue weighted by Crippen LogP contribution is 2.29. The summed E-state index contributed by atoms with van der Waals surface area (Å²) in [6.45, 7) is 4.22. The highest BCUT2D eigenvalue weighted by molar-refractivity contribution is 5.94. The van der Waals surface area contributed by atoms with Crippen molar-refractivity contribution in [2.24, 2.45) is 5.10 Å². The zero-order valence-corrected chi connectivity index (χ0v) is 24.4. The second-order valence-corrected chi connectivity index (χ2v) is 10.4. The van der Waals surface area contributed by atoms with Crippen molar-refractivity contribution >= 4 is 28.7 Å². The van der Waals surface area contributed by atoms with Gasteiger partial charge in [0, 0.05) is 32.7 Å². The number of carbonyl (C=O) groups excluding carboxylic acids is 1. The van der Waals surface area contributed by atoms with Gasteiger partial charge in [0.1, 0.15) is 6.61 Å². The first-order chi connectivity index (χ1) is 21.5. The lowest BCUT2D eigenvalue weighted by Gasteiger charge is -2.32. The molecule has 0 aliphatic carbocycles. The van der Waals surface area contributed by atoms with E-state index in [1.165, 1.54) is 10.9 Å². The fourth-order valence-electron chi connectivity index (χ4n) is 5.02. The van der Waals surface area contributed by atoms with Gasteiger partial charge in [-0.3, -0.25) is 9.69 Å². The number of nitrogens with one attached hydrogen (secondary N) is 1. The molecule has 3 aromatic carbocycles. The van der Waals surface area contributed by atoms with Gasteiger partial charge >= 0.3 is 0 Å². The van der Waals surface area contributed by atoms with Crippen molar-refractivity contribution in [1.29, 1.82) is 0 Å². The molecule has 0 spiro atoms. The normalized spacial score (nSPS) is 14.3. The Kier molecular flexibility index (Phi) is 8.43. The van der Waals surface area contributed by atoms with E-state index >= 15 is 0 Å². The van der Waals surface area contributed by atoms with E-state index in [4.69, 9.17) is 19.8 Å². The van der Waals surface area contributed by atoms with Gasteiger partial charge in [0.15, 0.2) is 17.2 Å². The molecule has 3 heterocycles. The van der Waals surface area contributed by atoms with E-state index < -0.39 is 5.91 Å². The lowest BCUT2D eigenvalue weighted by molar-refractivity contribution is 0.0946. The first-order valence-electron chi connectivity index (χ1n) is 14.0. The molecule has 14 heteroatoms. The van der Waals surface area contributed by atoms with Crippen molar-refractivity contribution in [3.63, 3.8) is 0 Å². The smallest absolute Gasteiger partial charge is 0.293 e. The molecule has 0 bridgehead atoms. The average Bonchev–Trinajstić information content (AvgIpc) is 3.66. The SMILES string of the molecule is COc1cc(C=NNC(=O)c2nnn(-c3nonc3N)c2CN2CCN(C)CC2)ccc1OCc1cccc2ccccc12. The van der Waals surface area contributed by atoms with Crippen molar-refractivity contribution < 1.29 is 18.9 Å². The molecule has 3 N–H and O–H groups in total. The number of nitrogens with two attached hydrogens (primary N) is 1. The van der Waals surface area contributed by atoms with Crippen LogP contribution < -0.4 is 20.6 Å². The third kappa shape index (κ3) is 6.21. The lowest BCUT2D eigenvalue weighted by Crippen LogP contribution is -2.44. The summed E-state index contributed by atoms with van der Waals surface area (Å²) < 4.78 is 17.8. The predicted octanol–water partition coefficient (Wildman–Crippen LogP) is 2.48. The summed E-state index contributed by atoms with van der Waals surface area (Å²) in [6, 6.07) is 19.7. The number of ether oxygens (including phenoxy) is 2. The zero-order valence-electron chi connectivity index (χ0n) is 24.4. The summed E-state index contributed by atoms with van der Waals surface area (Å²) in [4.78, 5) is 17.7.